The second-order valence-electron chi connectivity index (χ2n) is 6.35. The van der Waals surface area contributed by atoms with Gasteiger partial charge in [0.25, 0.3) is 5.91 Å². The van der Waals surface area contributed by atoms with Crippen molar-refractivity contribution in [1.82, 2.24) is 9.88 Å². The topological polar surface area (TPSA) is 64.1 Å². The van der Waals surface area contributed by atoms with E-state index in [1.54, 1.807) is 4.90 Å². The molecule has 1 aliphatic rings. The fraction of sp³-hybridized carbons (Fsp3) is 0.474. The molecule has 1 aromatic carbocycles. The average molecular weight is 428 g/mol. The van der Waals surface area contributed by atoms with Crippen molar-refractivity contribution >= 4 is 45.0 Å². The number of halogens is 1. The summed E-state index contributed by atoms with van der Waals surface area (Å²) in [5.74, 6) is 0.718. The molecule has 28 heavy (non-hydrogen) atoms. The van der Waals surface area contributed by atoms with Gasteiger partial charge in [0.2, 0.25) is 5.76 Å². The van der Waals surface area contributed by atoms with E-state index in [1.807, 2.05) is 39.2 Å². The number of hydrogen-bond donors (Lipinski definition) is 0. The number of fused-ring (bicyclic) bond motifs is 1. The fourth-order valence-electron chi connectivity index (χ4n) is 2.74. The van der Waals surface area contributed by atoms with Gasteiger partial charge in [-0.25, -0.2) is 4.98 Å². The van der Waals surface area contributed by atoms with E-state index < -0.39 is 0 Å². The molecule has 7 nitrogen and oxygen atoms in total. The number of benzene rings is 1. The van der Waals surface area contributed by atoms with Crippen LogP contribution in [-0.4, -0.2) is 62.8 Å². The summed E-state index contributed by atoms with van der Waals surface area (Å²) in [7, 11) is 4.03. The molecule has 2 aromatic rings. The summed E-state index contributed by atoms with van der Waals surface area (Å²) in [6, 6.07) is 5.82. The van der Waals surface area contributed by atoms with Crippen molar-refractivity contribution in [2.75, 3.05) is 51.9 Å². The summed E-state index contributed by atoms with van der Waals surface area (Å²) in [5, 5.41) is 0.635. The van der Waals surface area contributed by atoms with Crippen molar-refractivity contribution < 1.29 is 19.0 Å². The summed E-state index contributed by atoms with van der Waals surface area (Å²) in [5.41, 5.74) is 0.777. The number of para-hydroxylation sites is 1. The van der Waals surface area contributed by atoms with E-state index in [9.17, 15) is 4.79 Å². The molecule has 1 aromatic heterocycles. The summed E-state index contributed by atoms with van der Waals surface area (Å²) < 4.78 is 17.4. The molecule has 0 bridgehead atoms. The summed E-state index contributed by atoms with van der Waals surface area (Å²) in [6.45, 7) is 4.75. The molecule has 154 valence electrons. The SMILES string of the molecule is CCOc1cccc2sc(N(CCCN(C)C)C(=O)C3=COCCO3)nc12.Cl. The molecule has 0 saturated heterocycles. The predicted octanol–water partition coefficient (Wildman–Crippen LogP) is 3.29. The van der Waals surface area contributed by atoms with E-state index in [0.29, 0.717) is 31.5 Å². The van der Waals surface area contributed by atoms with Crippen LogP contribution >= 0.6 is 23.7 Å². The van der Waals surface area contributed by atoms with Crippen LogP contribution in [0.5, 0.6) is 5.75 Å². The van der Waals surface area contributed by atoms with Crippen LogP contribution in [0.25, 0.3) is 10.2 Å². The third kappa shape index (κ3) is 5.27. The first kappa shape index (κ1) is 22.3. The smallest absolute Gasteiger partial charge is 0.298 e. The number of rotatable bonds is 8. The number of anilines is 1. The van der Waals surface area contributed by atoms with Crippen molar-refractivity contribution in [1.29, 1.82) is 0 Å². The van der Waals surface area contributed by atoms with Gasteiger partial charge < -0.3 is 19.1 Å². The minimum absolute atomic E-state index is 0. The van der Waals surface area contributed by atoms with Crippen LogP contribution in [0.4, 0.5) is 5.13 Å². The molecule has 0 atom stereocenters. The lowest BCUT2D eigenvalue weighted by Gasteiger charge is -2.23. The number of hydrogen-bond acceptors (Lipinski definition) is 7. The summed E-state index contributed by atoms with van der Waals surface area (Å²) in [6.07, 6.45) is 2.21. The fourth-order valence-corrected chi connectivity index (χ4v) is 3.75. The second-order valence-corrected chi connectivity index (χ2v) is 7.36. The Morgan fingerprint density at radius 2 is 2.11 bits per heavy atom. The van der Waals surface area contributed by atoms with Gasteiger partial charge >= 0.3 is 0 Å². The molecular formula is C19H26ClN3O4S. The van der Waals surface area contributed by atoms with E-state index in [1.165, 1.54) is 17.6 Å². The van der Waals surface area contributed by atoms with Crippen LogP contribution in [0.15, 0.2) is 30.2 Å². The molecule has 0 radical (unpaired) electrons. The molecule has 0 saturated carbocycles. The van der Waals surface area contributed by atoms with E-state index in [0.717, 1.165) is 28.9 Å². The van der Waals surface area contributed by atoms with Crippen LogP contribution < -0.4 is 9.64 Å². The van der Waals surface area contributed by atoms with Gasteiger partial charge in [-0.3, -0.25) is 9.69 Å². The van der Waals surface area contributed by atoms with Gasteiger partial charge in [-0.1, -0.05) is 17.4 Å². The molecule has 1 amide bonds. The van der Waals surface area contributed by atoms with Gasteiger partial charge in [0.15, 0.2) is 5.13 Å². The Hall–Kier alpha value is -2.03. The lowest BCUT2D eigenvalue weighted by atomic mass is 10.3. The summed E-state index contributed by atoms with van der Waals surface area (Å²) >= 11 is 1.47. The van der Waals surface area contributed by atoms with Crippen LogP contribution in [0, 0.1) is 0 Å². The van der Waals surface area contributed by atoms with Gasteiger partial charge in [0, 0.05) is 6.54 Å². The Balaban J connectivity index is 0.00000280. The lowest BCUT2D eigenvalue weighted by Crippen LogP contribution is -2.36. The first-order valence-corrected chi connectivity index (χ1v) is 9.85. The van der Waals surface area contributed by atoms with Crippen molar-refractivity contribution in [2.45, 2.75) is 13.3 Å². The molecule has 0 aliphatic carbocycles. The first-order chi connectivity index (χ1) is 13.1. The molecule has 9 heteroatoms. The third-order valence-corrected chi connectivity index (χ3v) is 5.04. The number of nitrogens with zero attached hydrogens (tertiary/aromatic N) is 3. The highest BCUT2D eigenvalue weighted by molar-refractivity contribution is 7.22. The molecule has 1 aliphatic heterocycles. The highest BCUT2D eigenvalue weighted by atomic mass is 35.5. The third-order valence-electron chi connectivity index (χ3n) is 3.99. The Bertz CT molecular complexity index is 825. The zero-order valence-corrected chi connectivity index (χ0v) is 18.0. The zero-order valence-electron chi connectivity index (χ0n) is 16.3. The Morgan fingerprint density at radius 1 is 1.29 bits per heavy atom. The van der Waals surface area contributed by atoms with Crippen LogP contribution in [-0.2, 0) is 14.3 Å². The standard InChI is InChI=1S/C19H25N3O4S.ClH/c1-4-25-14-7-5-8-16-17(14)20-19(27-16)22(10-6-9-21(2)3)18(23)15-13-24-11-12-26-15;/h5,7-8,13H,4,6,9-12H2,1-3H3;1H. The van der Waals surface area contributed by atoms with Crippen LogP contribution in [0.3, 0.4) is 0 Å². The molecule has 0 fully saturated rings. The normalized spacial score (nSPS) is 13.4. The number of carbonyl (C=O) groups excluding carboxylic acids is 1. The number of aromatic nitrogens is 1. The quantitative estimate of drug-likeness (QED) is 0.644. The largest absolute Gasteiger partial charge is 0.494 e. The average Bonchev–Trinajstić information content (AvgIpc) is 3.10. The molecule has 3 rings (SSSR count). The molecule has 0 N–H and O–H groups in total. The maximum Gasteiger partial charge on any atom is 0.298 e. The highest BCUT2D eigenvalue weighted by Crippen LogP contribution is 2.35. The molecule has 2 heterocycles. The van der Waals surface area contributed by atoms with E-state index in [-0.39, 0.29) is 24.1 Å². The number of thiazole rings is 1. The van der Waals surface area contributed by atoms with Gasteiger partial charge in [-0.15, -0.1) is 12.4 Å². The minimum Gasteiger partial charge on any atom is -0.494 e. The first-order valence-electron chi connectivity index (χ1n) is 9.03. The van der Waals surface area contributed by atoms with Crippen molar-refractivity contribution in [2.24, 2.45) is 0 Å². The van der Waals surface area contributed by atoms with Crippen molar-refractivity contribution in [3.63, 3.8) is 0 Å². The number of amides is 1. The van der Waals surface area contributed by atoms with E-state index in [2.05, 4.69) is 4.90 Å². The Labute approximate surface area is 175 Å². The number of ether oxygens (including phenoxy) is 3. The van der Waals surface area contributed by atoms with E-state index in [4.69, 9.17) is 19.2 Å². The Morgan fingerprint density at radius 3 is 2.79 bits per heavy atom. The Kier molecular flexibility index (Phi) is 8.35. The molecule has 0 spiro atoms. The minimum atomic E-state index is -0.231. The van der Waals surface area contributed by atoms with Gasteiger partial charge in [0.1, 0.15) is 30.7 Å². The number of carbonyl (C=O) groups is 1. The predicted molar refractivity (Wildman–Crippen MR) is 114 cm³/mol. The lowest BCUT2D eigenvalue weighted by molar-refractivity contribution is -0.119. The maximum atomic E-state index is 13.0. The highest BCUT2D eigenvalue weighted by Gasteiger charge is 2.26. The van der Waals surface area contributed by atoms with Gasteiger partial charge in [0.05, 0.1) is 11.3 Å². The van der Waals surface area contributed by atoms with Gasteiger partial charge in [-0.05, 0) is 46.1 Å². The van der Waals surface area contributed by atoms with Crippen LogP contribution in [0.2, 0.25) is 0 Å². The molecule has 0 unspecified atom stereocenters. The van der Waals surface area contributed by atoms with Crippen LogP contribution in [0.1, 0.15) is 13.3 Å². The van der Waals surface area contributed by atoms with Crippen molar-refractivity contribution in [3.8, 4) is 5.75 Å². The van der Waals surface area contributed by atoms with Gasteiger partial charge in [-0.2, -0.15) is 0 Å². The van der Waals surface area contributed by atoms with Crippen molar-refractivity contribution in [3.05, 3.63) is 30.2 Å². The molecular weight excluding hydrogens is 402 g/mol. The summed E-state index contributed by atoms with van der Waals surface area (Å²) in [4.78, 5) is 21.5. The second kappa shape index (κ2) is 10.5. The maximum absolute atomic E-state index is 13.0. The van der Waals surface area contributed by atoms with E-state index >= 15 is 0 Å². The monoisotopic (exact) mass is 427 g/mol. The zero-order chi connectivity index (χ0) is 19.2.